The van der Waals surface area contributed by atoms with Gasteiger partial charge in [-0.05, 0) is 44.9 Å². The molecule has 1 rings (SSSR count). The molecular formula is C17H28N2O6S. The number of sulfonamides is 1. The van der Waals surface area contributed by atoms with Crippen molar-refractivity contribution in [3.8, 4) is 0 Å². The van der Waals surface area contributed by atoms with Crippen LogP contribution in [0.15, 0.2) is 23.1 Å². The van der Waals surface area contributed by atoms with Crippen LogP contribution >= 0.6 is 0 Å². The zero-order valence-electron chi connectivity index (χ0n) is 15.4. The molecule has 9 heteroatoms. The summed E-state index contributed by atoms with van der Waals surface area (Å²) in [7, 11) is -2.27. The van der Waals surface area contributed by atoms with E-state index in [0.717, 1.165) is 6.07 Å². The molecule has 0 fully saturated rings. The van der Waals surface area contributed by atoms with Gasteiger partial charge in [0.15, 0.2) is 0 Å². The Hall–Kier alpha value is -1.68. The number of rotatable bonds is 13. The molecule has 8 nitrogen and oxygen atoms in total. The van der Waals surface area contributed by atoms with E-state index < -0.39 is 16.0 Å². The minimum Gasteiger partial charge on any atom is -0.478 e. The van der Waals surface area contributed by atoms with E-state index in [1.165, 1.54) is 12.1 Å². The number of carboxylic acid groups (broad SMARTS) is 1. The summed E-state index contributed by atoms with van der Waals surface area (Å²) < 4.78 is 38.0. The van der Waals surface area contributed by atoms with Crippen molar-refractivity contribution >= 4 is 21.7 Å². The van der Waals surface area contributed by atoms with Crippen LogP contribution in [0, 0.1) is 0 Å². The molecule has 0 saturated heterocycles. The first-order valence-corrected chi connectivity index (χ1v) is 9.97. The van der Waals surface area contributed by atoms with E-state index in [0.29, 0.717) is 38.3 Å². The monoisotopic (exact) mass is 388 g/mol. The van der Waals surface area contributed by atoms with Gasteiger partial charge in [-0.15, -0.1) is 0 Å². The fraction of sp³-hybridized carbons (Fsp3) is 0.588. The summed E-state index contributed by atoms with van der Waals surface area (Å²) in [5, 5.41) is 12.2. The maximum atomic E-state index is 12.6. The summed E-state index contributed by atoms with van der Waals surface area (Å²) in [5.41, 5.74) is 0.271. The van der Waals surface area contributed by atoms with Gasteiger partial charge >= 0.3 is 5.97 Å². The third kappa shape index (κ3) is 7.69. The van der Waals surface area contributed by atoms with Crippen molar-refractivity contribution in [2.75, 3.05) is 38.7 Å². The zero-order valence-corrected chi connectivity index (χ0v) is 16.3. The Morgan fingerprint density at radius 2 is 1.88 bits per heavy atom. The molecule has 0 aliphatic heterocycles. The van der Waals surface area contributed by atoms with Gasteiger partial charge in [0.1, 0.15) is 4.90 Å². The molecular weight excluding hydrogens is 360 g/mol. The maximum absolute atomic E-state index is 12.6. The lowest BCUT2D eigenvalue weighted by molar-refractivity contribution is 0.0696. The number of anilines is 1. The number of aromatic carboxylic acids is 1. The van der Waals surface area contributed by atoms with Crippen LogP contribution in [0.3, 0.4) is 0 Å². The van der Waals surface area contributed by atoms with Crippen molar-refractivity contribution in [3.05, 3.63) is 23.8 Å². The third-order valence-corrected chi connectivity index (χ3v) is 4.92. The Bertz CT molecular complexity index is 676. The molecule has 0 aromatic heterocycles. The smallest absolute Gasteiger partial charge is 0.335 e. The normalized spacial score (nSPS) is 11.7. The Labute approximate surface area is 154 Å². The number of hydrogen-bond donors (Lipinski definition) is 3. The standard InChI is InChI=1S/C17H28N2O6S/c1-13(2)25-11-5-9-19-26(22,23)16-12-14(17(20)21)6-7-15(16)18-8-4-10-24-3/h6-7,12-13,18-19H,4-5,8-11H2,1-3H3,(H,20,21). The van der Waals surface area contributed by atoms with Crippen LogP contribution in [0.2, 0.25) is 0 Å². The summed E-state index contributed by atoms with van der Waals surface area (Å²) in [4.78, 5) is 11.1. The highest BCUT2D eigenvalue weighted by atomic mass is 32.2. The first kappa shape index (κ1) is 22.4. The molecule has 3 N–H and O–H groups in total. The van der Waals surface area contributed by atoms with E-state index in [1.54, 1.807) is 7.11 Å². The SMILES string of the molecule is COCCCNc1ccc(C(=O)O)cc1S(=O)(=O)NCCCOC(C)C. The quantitative estimate of drug-likeness (QED) is 0.442. The molecule has 26 heavy (non-hydrogen) atoms. The fourth-order valence-electron chi connectivity index (χ4n) is 2.14. The van der Waals surface area contributed by atoms with E-state index in [2.05, 4.69) is 10.0 Å². The van der Waals surface area contributed by atoms with Crippen molar-refractivity contribution in [2.45, 2.75) is 37.7 Å². The minimum absolute atomic E-state index is 0.0837. The van der Waals surface area contributed by atoms with Crippen LogP contribution in [0.4, 0.5) is 5.69 Å². The van der Waals surface area contributed by atoms with E-state index >= 15 is 0 Å². The lowest BCUT2D eigenvalue weighted by atomic mass is 10.2. The van der Waals surface area contributed by atoms with E-state index in [1.807, 2.05) is 13.8 Å². The summed E-state index contributed by atoms with van der Waals surface area (Å²) >= 11 is 0. The van der Waals surface area contributed by atoms with E-state index in [9.17, 15) is 13.2 Å². The first-order chi connectivity index (χ1) is 12.3. The predicted molar refractivity (Wildman–Crippen MR) is 99.3 cm³/mol. The average molecular weight is 388 g/mol. The van der Waals surface area contributed by atoms with Crippen molar-refractivity contribution < 1.29 is 27.8 Å². The molecule has 0 bridgehead atoms. The first-order valence-electron chi connectivity index (χ1n) is 8.49. The van der Waals surface area contributed by atoms with Gasteiger partial charge in [0.25, 0.3) is 0 Å². The molecule has 0 aliphatic rings. The predicted octanol–water partition coefficient (Wildman–Crippen LogP) is 1.93. The Morgan fingerprint density at radius 3 is 2.50 bits per heavy atom. The zero-order chi connectivity index (χ0) is 19.6. The molecule has 0 heterocycles. The molecule has 0 atom stereocenters. The number of nitrogens with one attached hydrogen (secondary N) is 2. The van der Waals surface area contributed by atoms with Crippen molar-refractivity contribution in [1.29, 1.82) is 0 Å². The van der Waals surface area contributed by atoms with Gasteiger partial charge in [0, 0.05) is 33.4 Å². The van der Waals surface area contributed by atoms with Crippen LogP contribution in [-0.2, 0) is 19.5 Å². The Kier molecular flexibility index (Phi) is 9.57. The second-order valence-electron chi connectivity index (χ2n) is 5.96. The van der Waals surface area contributed by atoms with Crippen molar-refractivity contribution in [3.63, 3.8) is 0 Å². The minimum atomic E-state index is -3.85. The number of ether oxygens (including phenoxy) is 2. The summed E-state index contributed by atoms with van der Waals surface area (Å²) in [5.74, 6) is -1.18. The number of hydrogen-bond acceptors (Lipinski definition) is 6. The van der Waals surface area contributed by atoms with Crippen LogP contribution in [0.1, 0.15) is 37.0 Å². The summed E-state index contributed by atoms with van der Waals surface area (Å²) in [6.07, 6.45) is 1.30. The average Bonchev–Trinajstić information content (AvgIpc) is 2.58. The van der Waals surface area contributed by atoms with Gasteiger partial charge in [-0.25, -0.2) is 17.9 Å². The van der Waals surface area contributed by atoms with Gasteiger partial charge in [-0.2, -0.15) is 0 Å². The lowest BCUT2D eigenvalue weighted by Crippen LogP contribution is -2.27. The van der Waals surface area contributed by atoms with Crippen molar-refractivity contribution in [2.24, 2.45) is 0 Å². The second-order valence-corrected chi connectivity index (χ2v) is 7.70. The third-order valence-electron chi connectivity index (χ3n) is 3.42. The van der Waals surface area contributed by atoms with Crippen molar-refractivity contribution in [1.82, 2.24) is 4.72 Å². The van der Waals surface area contributed by atoms with Gasteiger partial charge in [-0.3, -0.25) is 0 Å². The molecule has 0 saturated carbocycles. The summed E-state index contributed by atoms with van der Waals surface area (Å²) in [6.45, 7) is 5.50. The van der Waals surface area contributed by atoms with Crippen LogP contribution in [-0.4, -0.2) is 59.0 Å². The molecule has 0 amide bonds. The number of benzene rings is 1. The molecule has 0 radical (unpaired) electrons. The number of carboxylic acids is 1. The largest absolute Gasteiger partial charge is 0.478 e. The van der Waals surface area contributed by atoms with Crippen LogP contribution in [0.5, 0.6) is 0 Å². The maximum Gasteiger partial charge on any atom is 0.335 e. The topological polar surface area (TPSA) is 114 Å². The molecule has 0 unspecified atom stereocenters. The fourth-order valence-corrected chi connectivity index (χ4v) is 3.42. The molecule has 0 spiro atoms. The second kappa shape index (κ2) is 11.1. The molecule has 1 aromatic rings. The van der Waals surface area contributed by atoms with Crippen LogP contribution < -0.4 is 10.0 Å². The molecule has 148 valence electrons. The van der Waals surface area contributed by atoms with Gasteiger partial charge in [0.05, 0.1) is 17.4 Å². The highest BCUT2D eigenvalue weighted by Crippen LogP contribution is 2.23. The number of methoxy groups -OCH3 is 1. The highest BCUT2D eigenvalue weighted by Gasteiger charge is 2.20. The molecule has 0 aliphatic carbocycles. The van der Waals surface area contributed by atoms with Gasteiger partial charge in [0.2, 0.25) is 10.0 Å². The Balaban J connectivity index is 2.86. The number of carbonyl (C=O) groups is 1. The molecule has 1 aromatic carbocycles. The lowest BCUT2D eigenvalue weighted by Gasteiger charge is -2.14. The van der Waals surface area contributed by atoms with E-state index in [4.69, 9.17) is 14.6 Å². The van der Waals surface area contributed by atoms with Gasteiger partial charge in [-0.1, -0.05) is 0 Å². The van der Waals surface area contributed by atoms with Gasteiger partial charge < -0.3 is 19.9 Å². The summed E-state index contributed by atoms with van der Waals surface area (Å²) in [6, 6.07) is 4.00. The highest BCUT2D eigenvalue weighted by molar-refractivity contribution is 7.89. The Morgan fingerprint density at radius 1 is 1.19 bits per heavy atom. The van der Waals surface area contributed by atoms with E-state index in [-0.39, 0.29) is 23.1 Å². The van der Waals surface area contributed by atoms with Crippen LogP contribution in [0.25, 0.3) is 0 Å².